The van der Waals surface area contributed by atoms with Crippen molar-refractivity contribution in [3.8, 4) is 5.69 Å². The van der Waals surface area contributed by atoms with Crippen molar-refractivity contribution in [2.45, 2.75) is 27.3 Å². The van der Waals surface area contributed by atoms with Gasteiger partial charge in [0.05, 0.1) is 16.6 Å². The first kappa shape index (κ1) is 19.4. The average molecular weight is 403 g/mol. The van der Waals surface area contributed by atoms with Crippen LogP contribution in [-0.4, -0.2) is 25.2 Å². The van der Waals surface area contributed by atoms with Crippen molar-refractivity contribution in [1.29, 1.82) is 0 Å². The van der Waals surface area contributed by atoms with Gasteiger partial charge in [-0.05, 0) is 56.2 Å². The van der Waals surface area contributed by atoms with Gasteiger partial charge in [-0.1, -0.05) is 18.2 Å². The molecule has 30 heavy (non-hydrogen) atoms. The third-order valence-corrected chi connectivity index (χ3v) is 4.79. The summed E-state index contributed by atoms with van der Waals surface area (Å²) in [6, 6.07) is 14.0. The molecule has 0 saturated carbocycles. The van der Waals surface area contributed by atoms with Gasteiger partial charge < -0.3 is 5.32 Å². The molecule has 0 aliphatic rings. The van der Waals surface area contributed by atoms with Crippen molar-refractivity contribution in [2.75, 3.05) is 5.32 Å². The first-order chi connectivity index (χ1) is 14.3. The topological polar surface area (TPSA) is 102 Å². The molecule has 2 aromatic carbocycles. The van der Waals surface area contributed by atoms with Gasteiger partial charge in [-0.3, -0.25) is 19.3 Å². The summed E-state index contributed by atoms with van der Waals surface area (Å²) in [5, 5.41) is 9.76. The number of nitrogens with one attached hydrogen (secondary N) is 2. The third kappa shape index (κ3) is 3.55. The van der Waals surface area contributed by atoms with Crippen LogP contribution in [0.4, 0.5) is 5.82 Å². The first-order valence-electron chi connectivity index (χ1n) is 9.48. The Morgan fingerprint density at radius 2 is 1.73 bits per heavy atom. The van der Waals surface area contributed by atoms with E-state index in [-0.39, 0.29) is 6.54 Å². The Morgan fingerprint density at radius 3 is 2.40 bits per heavy atom. The van der Waals surface area contributed by atoms with Gasteiger partial charge in [0, 0.05) is 11.8 Å². The van der Waals surface area contributed by atoms with Crippen LogP contribution in [0.25, 0.3) is 16.6 Å². The zero-order valence-electron chi connectivity index (χ0n) is 16.9. The van der Waals surface area contributed by atoms with E-state index in [0.717, 1.165) is 21.4 Å². The molecule has 0 bridgehead atoms. The number of rotatable bonds is 4. The summed E-state index contributed by atoms with van der Waals surface area (Å²) in [5.41, 5.74) is 2.56. The molecular formula is C22H21N5O3. The first-order valence-corrected chi connectivity index (χ1v) is 9.48. The van der Waals surface area contributed by atoms with Crippen LogP contribution < -0.4 is 16.6 Å². The van der Waals surface area contributed by atoms with E-state index in [4.69, 9.17) is 0 Å². The molecule has 0 radical (unpaired) electrons. The molecule has 0 saturated heterocycles. The molecule has 0 aliphatic heterocycles. The maximum absolute atomic E-state index is 13.3. The minimum absolute atomic E-state index is 0.254. The molecule has 0 aliphatic carbocycles. The predicted molar refractivity (Wildman–Crippen MR) is 115 cm³/mol. The minimum atomic E-state index is -0.572. The summed E-state index contributed by atoms with van der Waals surface area (Å²) in [5.74, 6) is -0.0446. The van der Waals surface area contributed by atoms with Crippen LogP contribution in [-0.2, 0) is 11.3 Å². The largest absolute Gasteiger partial charge is 0.336 e. The molecule has 0 fully saturated rings. The van der Waals surface area contributed by atoms with Crippen molar-refractivity contribution in [3.05, 3.63) is 86.2 Å². The van der Waals surface area contributed by atoms with Crippen molar-refractivity contribution >= 4 is 22.6 Å². The van der Waals surface area contributed by atoms with Crippen LogP contribution in [0.15, 0.2) is 58.1 Å². The van der Waals surface area contributed by atoms with Gasteiger partial charge in [0.2, 0.25) is 5.91 Å². The lowest BCUT2D eigenvalue weighted by Crippen LogP contribution is -2.40. The van der Waals surface area contributed by atoms with E-state index in [1.54, 1.807) is 42.5 Å². The van der Waals surface area contributed by atoms with Gasteiger partial charge in [-0.2, -0.15) is 5.10 Å². The summed E-state index contributed by atoms with van der Waals surface area (Å²) < 4.78 is 2.43. The summed E-state index contributed by atoms with van der Waals surface area (Å²) >= 11 is 0. The van der Waals surface area contributed by atoms with E-state index in [0.29, 0.717) is 22.4 Å². The van der Waals surface area contributed by atoms with Gasteiger partial charge in [-0.25, -0.2) is 9.36 Å². The Bertz CT molecular complexity index is 1370. The Balaban J connectivity index is 1.87. The van der Waals surface area contributed by atoms with Crippen molar-refractivity contribution in [3.63, 3.8) is 0 Å². The highest BCUT2D eigenvalue weighted by atomic mass is 16.2. The summed E-state index contributed by atoms with van der Waals surface area (Å²) in [6.45, 7) is 5.37. The summed E-state index contributed by atoms with van der Waals surface area (Å²) in [6.07, 6.45) is 0. The number of aryl methyl sites for hydroxylation is 3. The Hall–Kier alpha value is -3.94. The van der Waals surface area contributed by atoms with E-state index >= 15 is 0 Å². The van der Waals surface area contributed by atoms with Gasteiger partial charge in [0.15, 0.2) is 5.82 Å². The van der Waals surface area contributed by atoms with Crippen molar-refractivity contribution in [2.24, 2.45) is 0 Å². The normalized spacial score (nSPS) is 11.0. The second-order valence-electron chi connectivity index (χ2n) is 7.36. The van der Waals surface area contributed by atoms with Crippen LogP contribution >= 0.6 is 0 Å². The Morgan fingerprint density at radius 1 is 1.03 bits per heavy atom. The Kier molecular flexibility index (Phi) is 4.83. The molecule has 0 unspecified atom stereocenters. The molecule has 152 valence electrons. The second kappa shape index (κ2) is 7.47. The molecule has 2 aromatic heterocycles. The van der Waals surface area contributed by atoms with Crippen LogP contribution in [0.5, 0.6) is 0 Å². The average Bonchev–Trinajstić information content (AvgIpc) is 3.09. The summed E-state index contributed by atoms with van der Waals surface area (Å²) in [7, 11) is 0. The second-order valence-corrected chi connectivity index (χ2v) is 7.36. The zero-order chi connectivity index (χ0) is 21.4. The standard InChI is InChI=1S/C22H21N5O3/c1-13-8-14(2)10-16(9-13)27-21(29)17-6-4-5-7-18(17)26(22(27)30)12-20(28)23-19-11-15(3)24-25-19/h4-11H,12H2,1-3H3,(H2,23,24,25,28). The maximum atomic E-state index is 13.3. The number of hydrogen-bond donors (Lipinski definition) is 2. The van der Waals surface area contributed by atoms with Gasteiger partial charge >= 0.3 is 5.69 Å². The molecule has 4 rings (SSSR count). The van der Waals surface area contributed by atoms with Crippen LogP contribution in [0, 0.1) is 20.8 Å². The fourth-order valence-electron chi connectivity index (χ4n) is 3.59. The lowest BCUT2D eigenvalue weighted by Gasteiger charge is -2.14. The number of aromatic amines is 1. The highest BCUT2D eigenvalue weighted by molar-refractivity contribution is 5.90. The molecule has 8 nitrogen and oxygen atoms in total. The molecule has 4 aromatic rings. The number of hydrogen-bond acceptors (Lipinski definition) is 4. The number of anilines is 1. The number of para-hydroxylation sites is 1. The maximum Gasteiger partial charge on any atom is 0.336 e. The number of aromatic nitrogens is 4. The van der Waals surface area contributed by atoms with E-state index in [1.165, 1.54) is 4.57 Å². The fourth-order valence-corrected chi connectivity index (χ4v) is 3.59. The van der Waals surface area contributed by atoms with Crippen molar-refractivity contribution in [1.82, 2.24) is 19.3 Å². The van der Waals surface area contributed by atoms with Gasteiger partial charge in [0.25, 0.3) is 5.56 Å². The number of fused-ring (bicyclic) bond motifs is 1. The van der Waals surface area contributed by atoms with Crippen LogP contribution in [0.3, 0.4) is 0 Å². The molecule has 2 N–H and O–H groups in total. The van der Waals surface area contributed by atoms with Gasteiger partial charge in [-0.15, -0.1) is 0 Å². The van der Waals surface area contributed by atoms with E-state index in [2.05, 4.69) is 15.5 Å². The quantitative estimate of drug-likeness (QED) is 0.546. The minimum Gasteiger partial charge on any atom is -0.308 e. The molecule has 8 heteroatoms. The highest BCUT2D eigenvalue weighted by Gasteiger charge is 2.17. The zero-order valence-corrected chi connectivity index (χ0v) is 16.9. The molecule has 1 amide bonds. The van der Waals surface area contributed by atoms with E-state index < -0.39 is 17.2 Å². The molecule has 2 heterocycles. The lowest BCUT2D eigenvalue weighted by atomic mass is 10.1. The number of H-pyrrole nitrogens is 1. The smallest absolute Gasteiger partial charge is 0.308 e. The monoisotopic (exact) mass is 403 g/mol. The highest BCUT2D eigenvalue weighted by Crippen LogP contribution is 2.14. The van der Waals surface area contributed by atoms with Crippen LogP contribution in [0.2, 0.25) is 0 Å². The number of benzene rings is 2. The number of carbonyl (C=O) groups excluding carboxylic acids is 1. The number of carbonyl (C=O) groups is 1. The number of amides is 1. The summed E-state index contributed by atoms with van der Waals surface area (Å²) in [4.78, 5) is 39.1. The number of nitrogens with zero attached hydrogens (tertiary/aromatic N) is 3. The van der Waals surface area contributed by atoms with Crippen LogP contribution in [0.1, 0.15) is 16.8 Å². The molecule has 0 atom stereocenters. The van der Waals surface area contributed by atoms with E-state index in [1.807, 2.05) is 26.8 Å². The van der Waals surface area contributed by atoms with Crippen molar-refractivity contribution < 1.29 is 4.79 Å². The fraction of sp³-hybridized carbons (Fsp3) is 0.182. The predicted octanol–water partition coefficient (Wildman–Crippen LogP) is 2.44. The molecular weight excluding hydrogens is 382 g/mol. The Labute approximate surface area is 171 Å². The SMILES string of the molecule is Cc1cc(C)cc(-n2c(=O)c3ccccc3n(CC(=O)Nc3cc(C)[nH]n3)c2=O)c1. The van der Waals surface area contributed by atoms with Gasteiger partial charge in [0.1, 0.15) is 6.54 Å². The lowest BCUT2D eigenvalue weighted by molar-refractivity contribution is -0.116. The van der Waals surface area contributed by atoms with E-state index in [9.17, 15) is 14.4 Å². The molecule has 0 spiro atoms. The third-order valence-electron chi connectivity index (χ3n) is 4.79.